The molecule has 0 spiro atoms. The smallest absolute Gasteiger partial charge is 0.229 e. The summed E-state index contributed by atoms with van der Waals surface area (Å²) >= 11 is 0. The molecule has 2 aliphatic rings. The molecule has 0 aromatic heterocycles. The number of nitrogens with zero attached hydrogens (tertiary/aromatic N) is 2. The lowest BCUT2D eigenvalue weighted by Gasteiger charge is -2.29. The molecule has 1 N–H and O–H groups in total. The molecule has 1 unspecified atom stereocenters. The van der Waals surface area contributed by atoms with E-state index in [-0.39, 0.29) is 24.2 Å². The van der Waals surface area contributed by atoms with Crippen LogP contribution in [0.4, 0.5) is 17.1 Å². The summed E-state index contributed by atoms with van der Waals surface area (Å²) in [6.07, 6.45) is 3.99. The fourth-order valence-electron chi connectivity index (χ4n) is 4.07. The van der Waals surface area contributed by atoms with Crippen LogP contribution in [0.5, 0.6) is 5.75 Å². The standard InChI is InChI=1S/C23H27N3O3/c1-29-21-7-5-6-18(15-21)24-23(28)17-14-22(27)26(16-17)20-10-8-19(9-11-20)25-12-3-2-4-13-25/h5-11,15,17H,2-4,12-14,16H2,1H3,(H,24,28). The maximum atomic E-state index is 12.7. The zero-order chi connectivity index (χ0) is 20.2. The Morgan fingerprint density at radius 2 is 1.76 bits per heavy atom. The van der Waals surface area contributed by atoms with E-state index >= 15 is 0 Å². The van der Waals surface area contributed by atoms with Gasteiger partial charge in [0.05, 0.1) is 13.0 Å². The minimum Gasteiger partial charge on any atom is -0.497 e. The van der Waals surface area contributed by atoms with Crippen molar-refractivity contribution in [1.82, 2.24) is 0 Å². The van der Waals surface area contributed by atoms with E-state index in [1.54, 1.807) is 18.1 Å². The van der Waals surface area contributed by atoms with Gasteiger partial charge in [-0.2, -0.15) is 0 Å². The minimum absolute atomic E-state index is 0.0125. The topological polar surface area (TPSA) is 61.9 Å². The Balaban J connectivity index is 1.40. The number of anilines is 3. The van der Waals surface area contributed by atoms with Crippen molar-refractivity contribution < 1.29 is 14.3 Å². The SMILES string of the molecule is COc1cccc(NC(=O)C2CC(=O)N(c3ccc(N4CCCCC4)cc3)C2)c1. The fraction of sp³-hybridized carbons (Fsp3) is 0.391. The molecule has 0 aliphatic carbocycles. The van der Waals surface area contributed by atoms with Crippen LogP contribution in [-0.4, -0.2) is 38.6 Å². The molecular weight excluding hydrogens is 366 g/mol. The number of rotatable bonds is 5. The second-order valence-electron chi connectivity index (χ2n) is 7.69. The van der Waals surface area contributed by atoms with Crippen LogP contribution >= 0.6 is 0 Å². The van der Waals surface area contributed by atoms with Crippen molar-refractivity contribution in [2.24, 2.45) is 5.92 Å². The Morgan fingerprint density at radius 1 is 1.03 bits per heavy atom. The predicted molar refractivity (Wildman–Crippen MR) is 115 cm³/mol. The summed E-state index contributed by atoms with van der Waals surface area (Å²) in [5, 5.41) is 2.90. The molecule has 6 nitrogen and oxygen atoms in total. The van der Waals surface area contributed by atoms with Crippen LogP contribution in [-0.2, 0) is 9.59 Å². The fourth-order valence-corrected chi connectivity index (χ4v) is 4.07. The Kier molecular flexibility index (Phi) is 5.69. The number of carbonyl (C=O) groups excluding carboxylic acids is 2. The van der Waals surface area contributed by atoms with Gasteiger partial charge < -0.3 is 19.9 Å². The van der Waals surface area contributed by atoms with Crippen LogP contribution < -0.4 is 19.9 Å². The molecule has 152 valence electrons. The van der Waals surface area contributed by atoms with Gasteiger partial charge >= 0.3 is 0 Å². The van der Waals surface area contributed by atoms with Crippen molar-refractivity contribution in [3.05, 3.63) is 48.5 Å². The zero-order valence-corrected chi connectivity index (χ0v) is 16.8. The highest BCUT2D eigenvalue weighted by Gasteiger charge is 2.35. The summed E-state index contributed by atoms with van der Waals surface area (Å²) in [5.74, 6) is 0.164. The Bertz CT molecular complexity index is 875. The maximum Gasteiger partial charge on any atom is 0.229 e. The third kappa shape index (κ3) is 4.36. The molecule has 2 saturated heterocycles. The highest BCUT2D eigenvalue weighted by molar-refractivity contribution is 6.03. The summed E-state index contributed by atoms with van der Waals surface area (Å²) in [5.41, 5.74) is 2.73. The molecule has 2 heterocycles. The van der Waals surface area contributed by atoms with Crippen molar-refractivity contribution in [3.63, 3.8) is 0 Å². The molecule has 2 aliphatic heterocycles. The molecule has 0 saturated carbocycles. The van der Waals surface area contributed by atoms with Crippen molar-refractivity contribution in [1.29, 1.82) is 0 Å². The van der Waals surface area contributed by atoms with Gasteiger partial charge in [0, 0.05) is 49.2 Å². The number of benzene rings is 2. The second kappa shape index (κ2) is 8.55. The molecule has 2 amide bonds. The number of piperidine rings is 1. The van der Waals surface area contributed by atoms with Gasteiger partial charge in [0.15, 0.2) is 0 Å². The monoisotopic (exact) mass is 393 g/mol. The first-order valence-electron chi connectivity index (χ1n) is 10.2. The van der Waals surface area contributed by atoms with Gasteiger partial charge in [-0.3, -0.25) is 9.59 Å². The Labute approximate surface area is 171 Å². The number of ether oxygens (including phenoxy) is 1. The number of methoxy groups -OCH3 is 1. The summed E-state index contributed by atoms with van der Waals surface area (Å²) in [6, 6.07) is 15.4. The molecule has 6 heteroatoms. The number of hydrogen-bond donors (Lipinski definition) is 1. The number of nitrogens with one attached hydrogen (secondary N) is 1. The van der Waals surface area contributed by atoms with E-state index < -0.39 is 0 Å². The average Bonchev–Trinajstić information content (AvgIpc) is 3.16. The van der Waals surface area contributed by atoms with E-state index in [2.05, 4.69) is 22.3 Å². The molecule has 2 fully saturated rings. The second-order valence-corrected chi connectivity index (χ2v) is 7.69. The van der Waals surface area contributed by atoms with E-state index in [0.29, 0.717) is 18.0 Å². The summed E-state index contributed by atoms with van der Waals surface area (Å²) < 4.78 is 5.19. The predicted octanol–water partition coefficient (Wildman–Crippen LogP) is 3.68. The molecule has 4 rings (SSSR count). The molecule has 2 aromatic carbocycles. The van der Waals surface area contributed by atoms with Crippen LogP contribution in [0.1, 0.15) is 25.7 Å². The normalized spacial score (nSPS) is 19.3. The van der Waals surface area contributed by atoms with Gasteiger partial charge in [-0.15, -0.1) is 0 Å². The van der Waals surface area contributed by atoms with Gasteiger partial charge in [-0.25, -0.2) is 0 Å². The lowest BCUT2D eigenvalue weighted by Crippen LogP contribution is -2.30. The van der Waals surface area contributed by atoms with E-state index in [0.717, 1.165) is 18.8 Å². The summed E-state index contributed by atoms with van der Waals surface area (Å²) in [6.45, 7) is 2.58. The minimum atomic E-state index is -0.365. The highest BCUT2D eigenvalue weighted by atomic mass is 16.5. The summed E-state index contributed by atoms with van der Waals surface area (Å²) in [7, 11) is 1.59. The van der Waals surface area contributed by atoms with Crippen molar-refractivity contribution in [3.8, 4) is 5.75 Å². The quantitative estimate of drug-likeness (QED) is 0.842. The number of amides is 2. The van der Waals surface area contributed by atoms with E-state index in [1.807, 2.05) is 30.3 Å². The van der Waals surface area contributed by atoms with Gasteiger partial charge in [-0.05, 0) is 55.7 Å². The number of hydrogen-bond acceptors (Lipinski definition) is 4. The maximum absolute atomic E-state index is 12.7. The van der Waals surface area contributed by atoms with Crippen LogP contribution in [0.2, 0.25) is 0 Å². The van der Waals surface area contributed by atoms with Gasteiger partial charge in [-0.1, -0.05) is 6.07 Å². The average molecular weight is 393 g/mol. The third-order valence-electron chi connectivity index (χ3n) is 5.72. The van der Waals surface area contributed by atoms with E-state index in [1.165, 1.54) is 24.9 Å². The molecule has 0 radical (unpaired) electrons. The van der Waals surface area contributed by atoms with Gasteiger partial charge in [0.1, 0.15) is 5.75 Å². The van der Waals surface area contributed by atoms with Crippen LogP contribution in [0.25, 0.3) is 0 Å². The Hall–Kier alpha value is -3.02. The van der Waals surface area contributed by atoms with E-state index in [9.17, 15) is 9.59 Å². The zero-order valence-electron chi connectivity index (χ0n) is 16.8. The first-order valence-corrected chi connectivity index (χ1v) is 10.2. The molecular formula is C23H27N3O3. The first kappa shape index (κ1) is 19.3. The van der Waals surface area contributed by atoms with Crippen LogP contribution in [0, 0.1) is 5.92 Å². The van der Waals surface area contributed by atoms with Gasteiger partial charge in [0.2, 0.25) is 11.8 Å². The van der Waals surface area contributed by atoms with Crippen molar-refractivity contribution in [2.75, 3.05) is 41.9 Å². The largest absolute Gasteiger partial charge is 0.497 e. The lowest BCUT2D eigenvalue weighted by atomic mass is 10.1. The summed E-state index contributed by atoms with van der Waals surface area (Å²) in [4.78, 5) is 29.3. The third-order valence-corrected chi connectivity index (χ3v) is 5.72. The molecule has 1 atom stereocenters. The van der Waals surface area contributed by atoms with Crippen molar-refractivity contribution in [2.45, 2.75) is 25.7 Å². The lowest BCUT2D eigenvalue weighted by molar-refractivity contribution is -0.122. The van der Waals surface area contributed by atoms with Gasteiger partial charge in [0.25, 0.3) is 0 Å². The molecule has 29 heavy (non-hydrogen) atoms. The Morgan fingerprint density at radius 3 is 2.48 bits per heavy atom. The molecule has 0 bridgehead atoms. The first-order chi connectivity index (χ1) is 14.1. The molecule has 2 aromatic rings. The number of carbonyl (C=O) groups is 2. The van der Waals surface area contributed by atoms with Crippen LogP contribution in [0.15, 0.2) is 48.5 Å². The van der Waals surface area contributed by atoms with Crippen LogP contribution in [0.3, 0.4) is 0 Å². The highest BCUT2D eigenvalue weighted by Crippen LogP contribution is 2.29. The van der Waals surface area contributed by atoms with E-state index in [4.69, 9.17) is 4.74 Å². The van der Waals surface area contributed by atoms with Crippen molar-refractivity contribution >= 4 is 28.9 Å².